The van der Waals surface area contributed by atoms with Crippen LogP contribution in [0.3, 0.4) is 0 Å². The Balaban J connectivity index is 1.19. The molecular formula is C25H35N3O4. The molecule has 1 atom stereocenters. The number of ether oxygens (including phenoxy) is 1. The highest BCUT2D eigenvalue weighted by molar-refractivity contribution is 5.89. The maximum absolute atomic E-state index is 12.7. The fourth-order valence-electron chi connectivity index (χ4n) is 5.22. The molecule has 0 saturated carbocycles. The van der Waals surface area contributed by atoms with Gasteiger partial charge in [0.2, 0.25) is 17.7 Å². The normalized spacial score (nSPS) is 22.0. The van der Waals surface area contributed by atoms with Crippen molar-refractivity contribution in [3.8, 4) is 5.75 Å². The lowest BCUT2D eigenvalue weighted by atomic mass is 9.95. The minimum Gasteiger partial charge on any atom is -0.497 e. The van der Waals surface area contributed by atoms with Crippen molar-refractivity contribution in [3.05, 3.63) is 29.8 Å². The van der Waals surface area contributed by atoms with E-state index in [2.05, 4.69) is 0 Å². The Bertz CT molecular complexity index is 828. The zero-order valence-electron chi connectivity index (χ0n) is 19.1. The molecule has 3 amide bonds. The van der Waals surface area contributed by atoms with Crippen molar-refractivity contribution < 1.29 is 19.1 Å². The average Bonchev–Trinajstić information content (AvgIpc) is 3.48. The number of likely N-dealkylation sites (tertiary alicyclic amines) is 3. The van der Waals surface area contributed by atoms with E-state index >= 15 is 0 Å². The van der Waals surface area contributed by atoms with Crippen molar-refractivity contribution in [2.45, 2.75) is 44.9 Å². The first-order valence-corrected chi connectivity index (χ1v) is 12.0. The monoisotopic (exact) mass is 441 g/mol. The Morgan fingerprint density at radius 1 is 1.06 bits per heavy atom. The van der Waals surface area contributed by atoms with E-state index < -0.39 is 0 Å². The second-order valence-corrected chi connectivity index (χ2v) is 9.41. The van der Waals surface area contributed by atoms with Crippen LogP contribution in [0.2, 0.25) is 0 Å². The number of rotatable bonds is 7. The molecule has 1 unspecified atom stereocenters. The van der Waals surface area contributed by atoms with Crippen molar-refractivity contribution >= 4 is 17.7 Å². The highest BCUT2D eigenvalue weighted by atomic mass is 16.5. The van der Waals surface area contributed by atoms with E-state index in [1.165, 1.54) is 0 Å². The van der Waals surface area contributed by atoms with Gasteiger partial charge in [0.05, 0.1) is 13.0 Å². The Morgan fingerprint density at radius 2 is 1.81 bits per heavy atom. The van der Waals surface area contributed by atoms with Crippen molar-refractivity contribution in [2.75, 3.05) is 46.4 Å². The molecule has 0 aromatic heterocycles. The Morgan fingerprint density at radius 3 is 2.53 bits per heavy atom. The van der Waals surface area contributed by atoms with Crippen LogP contribution >= 0.6 is 0 Å². The third-order valence-corrected chi connectivity index (χ3v) is 7.19. The number of carbonyl (C=O) groups excluding carboxylic acids is 3. The molecule has 0 N–H and O–H groups in total. The lowest BCUT2D eigenvalue weighted by molar-refractivity contribution is -0.134. The summed E-state index contributed by atoms with van der Waals surface area (Å²) < 4.78 is 5.25. The van der Waals surface area contributed by atoms with E-state index in [9.17, 15) is 14.4 Å². The molecule has 7 heteroatoms. The third-order valence-electron chi connectivity index (χ3n) is 7.19. The molecule has 0 bridgehead atoms. The van der Waals surface area contributed by atoms with Gasteiger partial charge in [0.25, 0.3) is 0 Å². The summed E-state index contributed by atoms with van der Waals surface area (Å²) >= 11 is 0. The number of methoxy groups -OCH3 is 1. The van der Waals surface area contributed by atoms with Crippen molar-refractivity contribution in [2.24, 2.45) is 11.8 Å². The highest BCUT2D eigenvalue weighted by Gasteiger charge is 2.38. The first-order chi connectivity index (χ1) is 15.5. The van der Waals surface area contributed by atoms with Crippen molar-refractivity contribution in [3.63, 3.8) is 0 Å². The molecule has 3 aliphatic heterocycles. The maximum atomic E-state index is 12.7. The van der Waals surface area contributed by atoms with E-state index in [1.54, 1.807) is 7.11 Å². The van der Waals surface area contributed by atoms with Crippen LogP contribution in [0, 0.1) is 11.8 Å². The largest absolute Gasteiger partial charge is 0.497 e. The molecule has 0 radical (unpaired) electrons. The number of piperidine rings is 1. The van der Waals surface area contributed by atoms with Crippen LogP contribution in [0.1, 0.15) is 44.1 Å². The molecule has 3 fully saturated rings. The van der Waals surface area contributed by atoms with Gasteiger partial charge < -0.3 is 19.4 Å². The molecule has 32 heavy (non-hydrogen) atoms. The molecular weight excluding hydrogens is 406 g/mol. The first-order valence-electron chi connectivity index (χ1n) is 12.0. The zero-order valence-corrected chi connectivity index (χ0v) is 19.1. The van der Waals surface area contributed by atoms with Gasteiger partial charge in [-0.15, -0.1) is 0 Å². The van der Waals surface area contributed by atoms with Gasteiger partial charge in [-0.2, -0.15) is 0 Å². The molecule has 1 aromatic rings. The number of amides is 3. The second kappa shape index (κ2) is 10.4. The summed E-state index contributed by atoms with van der Waals surface area (Å²) in [5.41, 5.74) is 1.11. The van der Waals surface area contributed by atoms with Crippen LogP contribution in [0.25, 0.3) is 0 Å². The average molecular weight is 442 g/mol. The van der Waals surface area contributed by atoms with Gasteiger partial charge in [0.15, 0.2) is 0 Å². The molecule has 174 valence electrons. The van der Waals surface area contributed by atoms with E-state index in [0.717, 1.165) is 63.2 Å². The maximum Gasteiger partial charge on any atom is 0.227 e. The van der Waals surface area contributed by atoms with Gasteiger partial charge in [-0.1, -0.05) is 12.1 Å². The van der Waals surface area contributed by atoms with E-state index in [-0.39, 0.29) is 23.6 Å². The lowest BCUT2D eigenvalue weighted by Crippen LogP contribution is -2.42. The summed E-state index contributed by atoms with van der Waals surface area (Å²) in [6, 6.07) is 7.86. The van der Waals surface area contributed by atoms with Crippen LogP contribution in [-0.4, -0.2) is 78.8 Å². The Hall–Kier alpha value is -2.57. The fraction of sp³-hybridized carbons (Fsp3) is 0.640. The quantitative estimate of drug-likeness (QED) is 0.651. The molecule has 1 aromatic carbocycles. The molecule has 0 aliphatic carbocycles. The number of nitrogens with zero attached hydrogens (tertiary/aromatic N) is 3. The third kappa shape index (κ3) is 5.43. The van der Waals surface area contributed by atoms with Gasteiger partial charge in [-0.05, 0) is 55.7 Å². The number of aryl methyl sites for hydroxylation is 1. The van der Waals surface area contributed by atoms with Gasteiger partial charge in [0, 0.05) is 52.1 Å². The van der Waals surface area contributed by atoms with Gasteiger partial charge >= 0.3 is 0 Å². The van der Waals surface area contributed by atoms with Gasteiger partial charge in [-0.25, -0.2) is 0 Å². The van der Waals surface area contributed by atoms with Gasteiger partial charge in [-0.3, -0.25) is 14.4 Å². The molecule has 0 spiro atoms. The summed E-state index contributed by atoms with van der Waals surface area (Å²) in [5, 5.41) is 0. The summed E-state index contributed by atoms with van der Waals surface area (Å²) in [6.07, 6.45) is 5.56. The summed E-state index contributed by atoms with van der Waals surface area (Å²) in [7, 11) is 1.65. The predicted molar refractivity (Wildman–Crippen MR) is 121 cm³/mol. The van der Waals surface area contributed by atoms with Crippen LogP contribution in [0.15, 0.2) is 24.3 Å². The molecule has 4 rings (SSSR count). The summed E-state index contributed by atoms with van der Waals surface area (Å²) in [4.78, 5) is 43.6. The zero-order chi connectivity index (χ0) is 22.5. The summed E-state index contributed by atoms with van der Waals surface area (Å²) in [5.74, 6) is 1.52. The van der Waals surface area contributed by atoms with Crippen LogP contribution in [-0.2, 0) is 20.8 Å². The molecule has 3 heterocycles. The minimum atomic E-state index is -0.168. The molecule has 7 nitrogen and oxygen atoms in total. The van der Waals surface area contributed by atoms with Crippen molar-refractivity contribution in [1.29, 1.82) is 0 Å². The van der Waals surface area contributed by atoms with Crippen LogP contribution in [0.5, 0.6) is 5.75 Å². The SMILES string of the molecule is COc1cccc(CCC(=O)N2CCC(CN3CC(C(=O)N4CCCC4)CC3=O)CC2)c1. The van der Waals surface area contributed by atoms with Crippen LogP contribution in [0.4, 0.5) is 0 Å². The van der Waals surface area contributed by atoms with E-state index in [1.807, 2.05) is 39.0 Å². The van der Waals surface area contributed by atoms with E-state index in [4.69, 9.17) is 4.74 Å². The number of hydrogen-bond acceptors (Lipinski definition) is 4. The Labute approximate surface area is 190 Å². The first kappa shape index (κ1) is 22.6. The van der Waals surface area contributed by atoms with E-state index in [0.29, 0.717) is 38.3 Å². The van der Waals surface area contributed by atoms with Gasteiger partial charge in [0.1, 0.15) is 5.75 Å². The summed E-state index contributed by atoms with van der Waals surface area (Å²) in [6.45, 7) is 4.46. The minimum absolute atomic E-state index is 0.111. The predicted octanol–water partition coefficient (Wildman–Crippen LogP) is 2.34. The molecule has 3 saturated heterocycles. The molecule has 3 aliphatic rings. The smallest absolute Gasteiger partial charge is 0.227 e. The Kier molecular flexibility index (Phi) is 7.33. The number of hydrogen-bond donors (Lipinski definition) is 0. The number of benzene rings is 1. The van der Waals surface area contributed by atoms with Crippen LogP contribution < -0.4 is 4.74 Å². The topological polar surface area (TPSA) is 70.2 Å². The standard InChI is InChI=1S/C25H35N3O4/c1-32-22-6-4-5-19(15-22)7-8-23(29)26-13-9-20(10-14-26)17-28-18-21(16-24(28)30)25(31)27-11-2-3-12-27/h4-6,15,20-21H,2-3,7-14,16-18H2,1H3. The fourth-order valence-corrected chi connectivity index (χ4v) is 5.22. The van der Waals surface area contributed by atoms with Crippen molar-refractivity contribution in [1.82, 2.24) is 14.7 Å². The lowest BCUT2D eigenvalue weighted by Gasteiger charge is -2.34. The highest BCUT2D eigenvalue weighted by Crippen LogP contribution is 2.26. The number of carbonyl (C=O) groups is 3. The second-order valence-electron chi connectivity index (χ2n) is 9.41.